The summed E-state index contributed by atoms with van der Waals surface area (Å²) in [5.41, 5.74) is 1.04. The first-order valence-electron chi connectivity index (χ1n) is 6.95. The zero-order valence-corrected chi connectivity index (χ0v) is 11.6. The molecule has 0 aliphatic heterocycles. The molecular formula is C18H12N2O2. The zero-order chi connectivity index (χ0) is 14.9. The van der Waals surface area contributed by atoms with E-state index < -0.39 is 0 Å². The first-order chi connectivity index (χ1) is 10.8. The Hall–Kier alpha value is -3.14. The highest BCUT2D eigenvalue weighted by Crippen LogP contribution is 2.23. The number of fused-ring (bicyclic) bond motifs is 2. The third kappa shape index (κ3) is 2.20. The Morgan fingerprint density at radius 2 is 1.55 bits per heavy atom. The molecule has 106 valence electrons. The van der Waals surface area contributed by atoms with Crippen molar-refractivity contribution in [3.8, 4) is 0 Å². The van der Waals surface area contributed by atoms with E-state index in [9.17, 15) is 4.79 Å². The topological polar surface area (TPSA) is 55.1 Å². The normalized spacial score (nSPS) is 10.9. The van der Waals surface area contributed by atoms with E-state index in [1.807, 2.05) is 66.7 Å². The number of anilines is 2. The van der Waals surface area contributed by atoms with Gasteiger partial charge in [0.2, 0.25) is 0 Å². The maximum atomic E-state index is 12.2. The van der Waals surface area contributed by atoms with Gasteiger partial charge in [-0.1, -0.05) is 42.5 Å². The third-order valence-corrected chi connectivity index (χ3v) is 3.51. The minimum atomic E-state index is -0.301. The molecule has 1 heterocycles. The molecular weight excluding hydrogens is 276 g/mol. The highest BCUT2D eigenvalue weighted by molar-refractivity contribution is 5.95. The molecule has 0 saturated heterocycles. The molecule has 3 aromatic carbocycles. The standard InChI is InChI=1S/C18H12N2O2/c21-17-15-10-12-6-4-5-7-13(12)11-16(15)22-18(20-17)19-14-8-2-1-3-9-14/h1-11H,(H,19,20,21). The smallest absolute Gasteiger partial charge is 0.303 e. The Bertz CT molecular complexity index is 1020. The number of hydrogen-bond donors (Lipinski definition) is 1. The highest BCUT2D eigenvalue weighted by atomic mass is 16.4. The molecule has 0 bridgehead atoms. The van der Waals surface area contributed by atoms with Crippen LogP contribution in [0.5, 0.6) is 0 Å². The fourth-order valence-electron chi connectivity index (χ4n) is 2.45. The van der Waals surface area contributed by atoms with E-state index in [0.717, 1.165) is 16.5 Å². The van der Waals surface area contributed by atoms with Crippen molar-refractivity contribution < 1.29 is 4.42 Å². The maximum Gasteiger partial charge on any atom is 0.303 e. The summed E-state index contributed by atoms with van der Waals surface area (Å²) in [5, 5.41) is 5.51. The van der Waals surface area contributed by atoms with Crippen molar-refractivity contribution in [3.05, 3.63) is 77.1 Å². The van der Waals surface area contributed by atoms with Crippen molar-refractivity contribution in [2.45, 2.75) is 0 Å². The van der Waals surface area contributed by atoms with Crippen LogP contribution in [0.25, 0.3) is 21.7 Å². The quantitative estimate of drug-likeness (QED) is 0.564. The van der Waals surface area contributed by atoms with Gasteiger partial charge in [-0.2, -0.15) is 4.98 Å². The molecule has 1 N–H and O–H groups in total. The molecule has 4 heteroatoms. The molecule has 1 aromatic heterocycles. The number of benzene rings is 3. The molecule has 4 rings (SSSR count). The van der Waals surface area contributed by atoms with E-state index in [-0.39, 0.29) is 11.6 Å². The van der Waals surface area contributed by atoms with Crippen LogP contribution in [0.1, 0.15) is 0 Å². The summed E-state index contributed by atoms with van der Waals surface area (Å²) in [6.45, 7) is 0. The summed E-state index contributed by atoms with van der Waals surface area (Å²) in [6, 6.07) is 21.2. The van der Waals surface area contributed by atoms with Gasteiger partial charge in [-0.15, -0.1) is 0 Å². The van der Waals surface area contributed by atoms with Crippen molar-refractivity contribution in [2.75, 3.05) is 5.32 Å². The number of aromatic nitrogens is 1. The Morgan fingerprint density at radius 3 is 2.32 bits per heavy atom. The average Bonchev–Trinajstić information content (AvgIpc) is 2.54. The summed E-state index contributed by atoms with van der Waals surface area (Å²) in [7, 11) is 0. The van der Waals surface area contributed by atoms with Gasteiger partial charge in [0.1, 0.15) is 5.58 Å². The van der Waals surface area contributed by atoms with E-state index in [4.69, 9.17) is 4.42 Å². The van der Waals surface area contributed by atoms with Gasteiger partial charge in [0.05, 0.1) is 5.39 Å². The molecule has 22 heavy (non-hydrogen) atoms. The number of para-hydroxylation sites is 1. The number of rotatable bonds is 2. The van der Waals surface area contributed by atoms with Crippen LogP contribution in [0, 0.1) is 0 Å². The van der Waals surface area contributed by atoms with Gasteiger partial charge in [-0.05, 0) is 35.0 Å². The van der Waals surface area contributed by atoms with Gasteiger partial charge in [0.15, 0.2) is 0 Å². The lowest BCUT2D eigenvalue weighted by atomic mass is 10.1. The van der Waals surface area contributed by atoms with Crippen LogP contribution in [-0.4, -0.2) is 4.98 Å². The van der Waals surface area contributed by atoms with E-state index in [2.05, 4.69) is 10.3 Å². The van der Waals surface area contributed by atoms with Crippen molar-refractivity contribution in [3.63, 3.8) is 0 Å². The van der Waals surface area contributed by atoms with Crippen LogP contribution in [0.2, 0.25) is 0 Å². The molecule has 0 spiro atoms. The lowest BCUT2D eigenvalue weighted by Gasteiger charge is -2.05. The summed E-state index contributed by atoms with van der Waals surface area (Å²) < 4.78 is 5.73. The summed E-state index contributed by atoms with van der Waals surface area (Å²) in [4.78, 5) is 16.2. The van der Waals surface area contributed by atoms with Crippen molar-refractivity contribution in [2.24, 2.45) is 0 Å². The second kappa shape index (κ2) is 5.00. The predicted octanol–water partition coefficient (Wildman–Crippen LogP) is 4.08. The molecule has 0 amide bonds. The summed E-state index contributed by atoms with van der Waals surface area (Å²) >= 11 is 0. The molecule has 0 unspecified atom stereocenters. The lowest BCUT2D eigenvalue weighted by Crippen LogP contribution is -2.08. The first kappa shape index (κ1) is 12.6. The van der Waals surface area contributed by atoms with Crippen molar-refractivity contribution in [1.82, 2.24) is 4.98 Å². The number of nitrogens with zero attached hydrogens (tertiary/aromatic N) is 1. The van der Waals surface area contributed by atoms with Crippen LogP contribution in [0.15, 0.2) is 75.9 Å². The fourth-order valence-corrected chi connectivity index (χ4v) is 2.45. The SMILES string of the molecule is O=c1nc(Nc2ccccc2)oc2cc3ccccc3cc12. The fraction of sp³-hybridized carbons (Fsp3) is 0. The Kier molecular flexibility index (Phi) is 2.86. The van der Waals surface area contributed by atoms with Crippen LogP contribution < -0.4 is 10.9 Å². The second-order valence-electron chi connectivity index (χ2n) is 5.01. The minimum absolute atomic E-state index is 0.194. The van der Waals surface area contributed by atoms with E-state index in [1.54, 1.807) is 0 Å². The molecule has 0 aliphatic carbocycles. The lowest BCUT2D eigenvalue weighted by molar-refractivity contribution is 0.599. The Balaban J connectivity index is 1.88. The molecule has 0 radical (unpaired) electrons. The molecule has 4 aromatic rings. The molecule has 0 saturated carbocycles. The predicted molar refractivity (Wildman–Crippen MR) is 87.5 cm³/mol. The monoisotopic (exact) mass is 288 g/mol. The Morgan fingerprint density at radius 1 is 0.864 bits per heavy atom. The van der Waals surface area contributed by atoms with Gasteiger partial charge in [0.25, 0.3) is 5.56 Å². The van der Waals surface area contributed by atoms with Crippen molar-refractivity contribution >= 4 is 33.4 Å². The number of hydrogen-bond acceptors (Lipinski definition) is 4. The zero-order valence-electron chi connectivity index (χ0n) is 11.6. The molecule has 4 nitrogen and oxygen atoms in total. The van der Waals surface area contributed by atoms with Gasteiger partial charge in [0, 0.05) is 5.69 Å². The first-order valence-corrected chi connectivity index (χ1v) is 6.95. The van der Waals surface area contributed by atoms with Gasteiger partial charge >= 0.3 is 6.01 Å². The van der Waals surface area contributed by atoms with E-state index >= 15 is 0 Å². The van der Waals surface area contributed by atoms with Crippen LogP contribution >= 0.6 is 0 Å². The second-order valence-corrected chi connectivity index (χ2v) is 5.01. The third-order valence-electron chi connectivity index (χ3n) is 3.51. The van der Waals surface area contributed by atoms with Gasteiger partial charge in [-0.25, -0.2) is 0 Å². The van der Waals surface area contributed by atoms with Gasteiger partial charge < -0.3 is 9.73 Å². The van der Waals surface area contributed by atoms with E-state index in [1.165, 1.54) is 0 Å². The van der Waals surface area contributed by atoms with Crippen LogP contribution in [0.4, 0.5) is 11.7 Å². The van der Waals surface area contributed by atoms with Crippen molar-refractivity contribution in [1.29, 1.82) is 0 Å². The largest absolute Gasteiger partial charge is 0.425 e. The highest BCUT2D eigenvalue weighted by Gasteiger charge is 2.08. The van der Waals surface area contributed by atoms with E-state index in [0.29, 0.717) is 11.0 Å². The average molecular weight is 288 g/mol. The minimum Gasteiger partial charge on any atom is -0.425 e. The van der Waals surface area contributed by atoms with Crippen LogP contribution in [-0.2, 0) is 0 Å². The summed E-state index contributed by atoms with van der Waals surface area (Å²) in [6.07, 6.45) is 0. The summed E-state index contributed by atoms with van der Waals surface area (Å²) in [5.74, 6) is 0. The molecule has 0 fully saturated rings. The molecule has 0 atom stereocenters. The molecule has 0 aliphatic rings. The maximum absolute atomic E-state index is 12.2. The van der Waals surface area contributed by atoms with Gasteiger partial charge in [-0.3, -0.25) is 4.79 Å². The Labute approximate surface area is 126 Å². The van der Waals surface area contributed by atoms with Crippen LogP contribution in [0.3, 0.4) is 0 Å². The number of nitrogens with one attached hydrogen (secondary N) is 1.